The van der Waals surface area contributed by atoms with Gasteiger partial charge >= 0.3 is 6.09 Å². The normalized spacial score (nSPS) is 10.9. The van der Waals surface area contributed by atoms with Crippen molar-refractivity contribution in [3.05, 3.63) is 35.4 Å². The molecule has 0 unspecified atom stereocenters. The van der Waals surface area contributed by atoms with Crippen molar-refractivity contribution in [2.24, 2.45) is 0 Å². The molecule has 3 aromatic rings. The topological polar surface area (TPSA) is 119 Å². The lowest BCUT2D eigenvalue weighted by molar-refractivity contribution is 0.167. The molecule has 0 radical (unpaired) electrons. The van der Waals surface area contributed by atoms with E-state index >= 15 is 0 Å². The first-order chi connectivity index (χ1) is 12.5. The SMILES string of the molecule is CCOC(=O)Nc1nc2nc(SCc3cccc(F)c3F)nc(N)c2[nH]1. The molecule has 8 nitrogen and oxygen atoms in total. The van der Waals surface area contributed by atoms with E-state index in [2.05, 4.69) is 25.3 Å². The van der Waals surface area contributed by atoms with Gasteiger partial charge in [0, 0.05) is 11.3 Å². The van der Waals surface area contributed by atoms with Crippen LogP contribution in [0, 0.1) is 11.6 Å². The van der Waals surface area contributed by atoms with Crippen molar-refractivity contribution >= 4 is 40.8 Å². The number of nitrogen functional groups attached to an aromatic ring is 1. The lowest BCUT2D eigenvalue weighted by Gasteiger charge is -2.04. The van der Waals surface area contributed by atoms with Gasteiger partial charge in [0.15, 0.2) is 28.3 Å². The number of amides is 1. The van der Waals surface area contributed by atoms with Crippen molar-refractivity contribution in [1.29, 1.82) is 0 Å². The largest absolute Gasteiger partial charge is 0.450 e. The van der Waals surface area contributed by atoms with Gasteiger partial charge in [-0.2, -0.15) is 4.98 Å². The highest BCUT2D eigenvalue weighted by molar-refractivity contribution is 7.98. The summed E-state index contributed by atoms with van der Waals surface area (Å²) in [7, 11) is 0. The molecule has 0 saturated carbocycles. The smallest absolute Gasteiger partial charge is 0.413 e. The van der Waals surface area contributed by atoms with E-state index in [-0.39, 0.29) is 40.5 Å². The summed E-state index contributed by atoms with van der Waals surface area (Å²) in [5, 5.41) is 2.64. The lowest BCUT2D eigenvalue weighted by Crippen LogP contribution is -2.14. The van der Waals surface area contributed by atoms with E-state index in [4.69, 9.17) is 10.5 Å². The van der Waals surface area contributed by atoms with Crippen LogP contribution in [0.4, 0.5) is 25.3 Å². The maximum absolute atomic E-state index is 13.7. The van der Waals surface area contributed by atoms with E-state index in [1.807, 2.05) is 0 Å². The molecule has 0 atom stereocenters. The molecule has 0 bridgehead atoms. The standard InChI is InChI=1S/C15H14F2N6O2S/c1-2-25-15(24)23-13-19-10-11(18)20-14(22-12(10)21-13)26-6-7-4-3-5-8(16)9(7)17/h3-5H,2,6H2,1H3,(H4,18,19,20,21,22,23,24). The number of benzene rings is 1. The number of anilines is 2. The number of fused-ring (bicyclic) bond motifs is 1. The van der Waals surface area contributed by atoms with E-state index < -0.39 is 17.7 Å². The molecule has 0 aliphatic rings. The van der Waals surface area contributed by atoms with Gasteiger partial charge < -0.3 is 15.5 Å². The lowest BCUT2D eigenvalue weighted by atomic mass is 10.2. The van der Waals surface area contributed by atoms with Gasteiger partial charge in [-0.25, -0.2) is 23.5 Å². The Hall–Kier alpha value is -2.95. The highest BCUT2D eigenvalue weighted by Gasteiger charge is 2.14. The zero-order valence-corrected chi connectivity index (χ0v) is 14.4. The summed E-state index contributed by atoms with van der Waals surface area (Å²) in [4.78, 5) is 26.6. The van der Waals surface area contributed by atoms with Crippen LogP contribution in [0.2, 0.25) is 0 Å². The van der Waals surface area contributed by atoms with Gasteiger partial charge in [0.2, 0.25) is 5.95 Å². The van der Waals surface area contributed by atoms with Crippen LogP contribution < -0.4 is 11.1 Å². The Labute approximate surface area is 150 Å². The summed E-state index contributed by atoms with van der Waals surface area (Å²) in [5.74, 6) is -1.48. The number of rotatable bonds is 5. The zero-order valence-electron chi connectivity index (χ0n) is 13.5. The summed E-state index contributed by atoms with van der Waals surface area (Å²) >= 11 is 1.08. The number of ether oxygens (including phenoxy) is 1. The number of aromatic amines is 1. The van der Waals surface area contributed by atoms with Gasteiger partial charge in [0.1, 0.15) is 5.52 Å². The molecule has 11 heteroatoms. The number of hydrogen-bond donors (Lipinski definition) is 3. The van der Waals surface area contributed by atoms with Crippen LogP contribution in [0.5, 0.6) is 0 Å². The highest BCUT2D eigenvalue weighted by atomic mass is 32.2. The summed E-state index contributed by atoms with van der Waals surface area (Å²) in [6, 6.07) is 3.95. The van der Waals surface area contributed by atoms with Crippen LogP contribution in [0.3, 0.4) is 0 Å². The molecule has 3 rings (SSSR count). The number of nitrogens with one attached hydrogen (secondary N) is 2. The second kappa shape index (κ2) is 7.52. The minimum Gasteiger partial charge on any atom is -0.450 e. The molecule has 4 N–H and O–H groups in total. The fourth-order valence-corrected chi connectivity index (χ4v) is 2.91. The molecule has 26 heavy (non-hydrogen) atoms. The number of H-pyrrole nitrogens is 1. The number of thioether (sulfide) groups is 1. The maximum atomic E-state index is 13.7. The number of nitrogens with zero attached hydrogens (tertiary/aromatic N) is 3. The molecule has 0 fully saturated rings. The van der Waals surface area contributed by atoms with Gasteiger partial charge in [0.05, 0.1) is 6.61 Å². The summed E-state index contributed by atoms with van der Waals surface area (Å²) < 4.78 is 31.7. The fourth-order valence-electron chi connectivity index (χ4n) is 2.09. The third-order valence-electron chi connectivity index (χ3n) is 3.24. The molecule has 0 spiro atoms. The van der Waals surface area contributed by atoms with Crippen LogP contribution in [-0.2, 0) is 10.5 Å². The average molecular weight is 380 g/mol. The van der Waals surface area contributed by atoms with Gasteiger partial charge in [-0.3, -0.25) is 5.32 Å². The van der Waals surface area contributed by atoms with Gasteiger partial charge in [-0.1, -0.05) is 23.9 Å². The second-order valence-electron chi connectivity index (χ2n) is 5.02. The van der Waals surface area contributed by atoms with E-state index in [1.165, 1.54) is 12.1 Å². The monoisotopic (exact) mass is 380 g/mol. The molecule has 2 aromatic heterocycles. The highest BCUT2D eigenvalue weighted by Crippen LogP contribution is 2.26. The molecule has 0 aliphatic heterocycles. The van der Waals surface area contributed by atoms with Crippen molar-refractivity contribution in [1.82, 2.24) is 19.9 Å². The van der Waals surface area contributed by atoms with Gasteiger partial charge in [0.25, 0.3) is 0 Å². The number of carbonyl (C=O) groups excluding carboxylic acids is 1. The number of halogens is 2. The Balaban J connectivity index is 1.79. The first-order valence-corrected chi connectivity index (χ1v) is 8.49. The van der Waals surface area contributed by atoms with Crippen LogP contribution in [0.1, 0.15) is 12.5 Å². The van der Waals surface area contributed by atoms with Crippen molar-refractivity contribution < 1.29 is 18.3 Å². The Morgan fingerprint density at radius 2 is 2.15 bits per heavy atom. The Kier molecular flexibility index (Phi) is 5.16. The van der Waals surface area contributed by atoms with Gasteiger partial charge in [-0.15, -0.1) is 0 Å². The van der Waals surface area contributed by atoms with Gasteiger partial charge in [-0.05, 0) is 13.0 Å². The van der Waals surface area contributed by atoms with E-state index in [1.54, 1.807) is 6.92 Å². The van der Waals surface area contributed by atoms with Crippen LogP contribution in [0.15, 0.2) is 23.4 Å². The van der Waals surface area contributed by atoms with Crippen molar-refractivity contribution in [2.45, 2.75) is 17.8 Å². The molecule has 2 heterocycles. The molecule has 1 aromatic carbocycles. The maximum Gasteiger partial charge on any atom is 0.413 e. The number of nitrogens with two attached hydrogens (primary N) is 1. The summed E-state index contributed by atoms with van der Waals surface area (Å²) in [6.45, 7) is 1.89. The first-order valence-electron chi connectivity index (χ1n) is 7.50. The Morgan fingerprint density at radius 3 is 2.92 bits per heavy atom. The van der Waals surface area contributed by atoms with Crippen LogP contribution in [0.25, 0.3) is 11.2 Å². The number of imidazole rings is 1. The third kappa shape index (κ3) is 3.82. The summed E-state index contributed by atoms with van der Waals surface area (Å²) in [6.07, 6.45) is -0.672. The second-order valence-corrected chi connectivity index (χ2v) is 5.97. The number of hydrogen-bond acceptors (Lipinski definition) is 7. The molecular weight excluding hydrogens is 366 g/mol. The number of aromatic nitrogens is 4. The predicted molar refractivity (Wildman–Crippen MR) is 92.7 cm³/mol. The van der Waals surface area contributed by atoms with E-state index in [0.717, 1.165) is 17.8 Å². The average Bonchev–Trinajstić information content (AvgIpc) is 2.99. The Morgan fingerprint density at radius 1 is 1.35 bits per heavy atom. The molecule has 0 aliphatic carbocycles. The van der Waals surface area contributed by atoms with Crippen molar-refractivity contribution in [3.8, 4) is 0 Å². The van der Waals surface area contributed by atoms with Crippen molar-refractivity contribution in [3.63, 3.8) is 0 Å². The van der Waals surface area contributed by atoms with Crippen LogP contribution in [-0.4, -0.2) is 32.6 Å². The molecular formula is C15H14F2N6O2S. The minimum absolute atomic E-state index is 0.109. The molecule has 1 amide bonds. The minimum atomic E-state index is -0.916. The first kappa shape index (κ1) is 17.9. The van der Waals surface area contributed by atoms with Crippen molar-refractivity contribution in [2.75, 3.05) is 17.7 Å². The molecule has 136 valence electrons. The van der Waals surface area contributed by atoms with E-state index in [0.29, 0.717) is 5.52 Å². The Bertz CT molecular complexity index is 965. The predicted octanol–water partition coefficient (Wildman–Crippen LogP) is 3.07. The zero-order chi connectivity index (χ0) is 18.7. The molecule has 0 saturated heterocycles. The summed E-state index contributed by atoms with van der Waals surface area (Å²) in [5.41, 5.74) is 6.63. The quantitative estimate of drug-likeness (QED) is 0.460. The van der Waals surface area contributed by atoms with E-state index in [9.17, 15) is 13.6 Å². The van der Waals surface area contributed by atoms with Crippen LogP contribution >= 0.6 is 11.8 Å². The fraction of sp³-hybridized carbons (Fsp3) is 0.200. The number of carbonyl (C=O) groups is 1. The third-order valence-corrected chi connectivity index (χ3v) is 4.14.